The minimum absolute atomic E-state index is 0.108. The van der Waals surface area contributed by atoms with Gasteiger partial charge in [-0.05, 0) is 45.0 Å². The van der Waals surface area contributed by atoms with Crippen molar-refractivity contribution in [3.63, 3.8) is 0 Å². The molecule has 0 aliphatic rings. The molecule has 0 saturated heterocycles. The SMILES string of the molecule is CC(N)CCN(C)CCc1ccccc1F. The van der Waals surface area contributed by atoms with Crippen LogP contribution in [-0.2, 0) is 6.42 Å². The minimum Gasteiger partial charge on any atom is -0.328 e. The van der Waals surface area contributed by atoms with Gasteiger partial charge in [0.05, 0.1) is 0 Å². The Labute approximate surface area is 97.3 Å². The number of benzene rings is 1. The quantitative estimate of drug-likeness (QED) is 0.801. The van der Waals surface area contributed by atoms with Crippen molar-refractivity contribution in [2.75, 3.05) is 20.1 Å². The van der Waals surface area contributed by atoms with Crippen molar-refractivity contribution in [3.05, 3.63) is 35.6 Å². The van der Waals surface area contributed by atoms with Crippen molar-refractivity contribution >= 4 is 0 Å². The predicted octanol–water partition coefficient (Wildman–Crippen LogP) is 2.04. The van der Waals surface area contributed by atoms with Crippen molar-refractivity contribution < 1.29 is 4.39 Å². The molecule has 0 aliphatic carbocycles. The van der Waals surface area contributed by atoms with Crippen molar-refractivity contribution in [1.82, 2.24) is 4.90 Å². The highest BCUT2D eigenvalue weighted by Gasteiger charge is 2.04. The van der Waals surface area contributed by atoms with Crippen molar-refractivity contribution in [3.8, 4) is 0 Å². The molecule has 2 nitrogen and oxygen atoms in total. The molecule has 1 atom stereocenters. The Kier molecular flexibility index (Phi) is 5.43. The van der Waals surface area contributed by atoms with Gasteiger partial charge in [0, 0.05) is 12.6 Å². The molecular formula is C13H21FN2. The van der Waals surface area contributed by atoms with Crippen LogP contribution in [0.2, 0.25) is 0 Å². The van der Waals surface area contributed by atoms with E-state index in [0.717, 1.165) is 31.5 Å². The molecule has 0 bridgehead atoms. The van der Waals surface area contributed by atoms with E-state index in [1.165, 1.54) is 6.07 Å². The monoisotopic (exact) mass is 224 g/mol. The first-order valence-electron chi connectivity index (χ1n) is 5.77. The second-order valence-corrected chi connectivity index (χ2v) is 4.41. The summed E-state index contributed by atoms with van der Waals surface area (Å²) in [5.41, 5.74) is 6.47. The first-order valence-corrected chi connectivity index (χ1v) is 5.77. The lowest BCUT2D eigenvalue weighted by atomic mass is 10.1. The molecule has 2 N–H and O–H groups in total. The minimum atomic E-state index is -0.108. The summed E-state index contributed by atoms with van der Waals surface area (Å²) >= 11 is 0. The molecule has 0 aliphatic heterocycles. The number of likely N-dealkylation sites (N-methyl/N-ethyl adjacent to an activating group) is 1. The molecule has 0 spiro atoms. The van der Waals surface area contributed by atoms with E-state index in [0.29, 0.717) is 0 Å². The molecule has 16 heavy (non-hydrogen) atoms. The Hall–Kier alpha value is -0.930. The number of nitrogens with zero attached hydrogens (tertiary/aromatic N) is 1. The second-order valence-electron chi connectivity index (χ2n) is 4.41. The Balaban J connectivity index is 2.31. The van der Waals surface area contributed by atoms with Crippen LogP contribution in [0, 0.1) is 5.82 Å². The molecule has 90 valence electrons. The fourth-order valence-electron chi connectivity index (χ4n) is 1.55. The Morgan fingerprint density at radius 1 is 1.31 bits per heavy atom. The molecule has 0 saturated carbocycles. The summed E-state index contributed by atoms with van der Waals surface area (Å²) in [6.07, 6.45) is 1.73. The maximum Gasteiger partial charge on any atom is 0.126 e. The lowest BCUT2D eigenvalue weighted by molar-refractivity contribution is 0.323. The van der Waals surface area contributed by atoms with Gasteiger partial charge in [0.25, 0.3) is 0 Å². The molecule has 3 heteroatoms. The van der Waals surface area contributed by atoms with Crippen LogP contribution >= 0.6 is 0 Å². The number of rotatable bonds is 6. The lowest BCUT2D eigenvalue weighted by Crippen LogP contribution is -2.27. The van der Waals surface area contributed by atoms with E-state index in [2.05, 4.69) is 4.90 Å². The highest BCUT2D eigenvalue weighted by Crippen LogP contribution is 2.07. The molecule has 0 aromatic heterocycles. The average molecular weight is 224 g/mol. The number of hydrogen-bond donors (Lipinski definition) is 1. The summed E-state index contributed by atoms with van der Waals surface area (Å²) in [5.74, 6) is -0.108. The zero-order chi connectivity index (χ0) is 12.0. The number of hydrogen-bond acceptors (Lipinski definition) is 2. The molecular weight excluding hydrogens is 203 g/mol. The number of halogens is 1. The van der Waals surface area contributed by atoms with Gasteiger partial charge in [-0.25, -0.2) is 4.39 Å². The third kappa shape index (κ3) is 4.73. The Bertz CT molecular complexity index is 313. The molecule has 0 amide bonds. The first kappa shape index (κ1) is 13.1. The van der Waals surface area contributed by atoms with E-state index in [-0.39, 0.29) is 11.9 Å². The van der Waals surface area contributed by atoms with E-state index >= 15 is 0 Å². The summed E-state index contributed by atoms with van der Waals surface area (Å²) in [6, 6.07) is 7.18. The van der Waals surface area contributed by atoms with Crippen molar-refractivity contribution in [2.24, 2.45) is 5.73 Å². The Morgan fingerprint density at radius 2 is 2.00 bits per heavy atom. The molecule has 0 heterocycles. The Morgan fingerprint density at radius 3 is 2.62 bits per heavy atom. The van der Waals surface area contributed by atoms with Gasteiger partial charge in [-0.3, -0.25) is 0 Å². The topological polar surface area (TPSA) is 29.3 Å². The van der Waals surface area contributed by atoms with Crippen LogP contribution in [0.1, 0.15) is 18.9 Å². The average Bonchev–Trinajstić information content (AvgIpc) is 2.25. The highest BCUT2D eigenvalue weighted by atomic mass is 19.1. The third-order valence-corrected chi connectivity index (χ3v) is 2.69. The largest absolute Gasteiger partial charge is 0.328 e. The molecule has 1 aromatic carbocycles. The lowest BCUT2D eigenvalue weighted by Gasteiger charge is -2.17. The maximum atomic E-state index is 13.3. The van der Waals surface area contributed by atoms with Gasteiger partial charge in [-0.15, -0.1) is 0 Å². The second kappa shape index (κ2) is 6.61. The summed E-state index contributed by atoms with van der Waals surface area (Å²) in [4.78, 5) is 2.19. The van der Waals surface area contributed by atoms with Gasteiger partial charge >= 0.3 is 0 Å². The van der Waals surface area contributed by atoms with Crippen molar-refractivity contribution in [1.29, 1.82) is 0 Å². The van der Waals surface area contributed by atoms with E-state index in [1.54, 1.807) is 6.07 Å². The van der Waals surface area contributed by atoms with E-state index < -0.39 is 0 Å². The molecule has 0 fully saturated rings. The van der Waals surface area contributed by atoms with E-state index in [1.807, 2.05) is 26.1 Å². The fourth-order valence-corrected chi connectivity index (χ4v) is 1.55. The van der Waals surface area contributed by atoms with Gasteiger partial charge in [0.2, 0.25) is 0 Å². The summed E-state index contributed by atoms with van der Waals surface area (Å²) in [7, 11) is 2.04. The zero-order valence-electron chi connectivity index (χ0n) is 10.1. The summed E-state index contributed by atoms with van der Waals surface area (Å²) in [5, 5.41) is 0. The van der Waals surface area contributed by atoms with Crippen LogP contribution in [0.25, 0.3) is 0 Å². The molecule has 1 rings (SSSR count). The van der Waals surface area contributed by atoms with Crippen LogP contribution < -0.4 is 5.73 Å². The van der Waals surface area contributed by atoms with Crippen LogP contribution in [0.4, 0.5) is 4.39 Å². The summed E-state index contributed by atoms with van der Waals surface area (Å²) < 4.78 is 13.3. The van der Waals surface area contributed by atoms with Crippen LogP contribution in [0.5, 0.6) is 0 Å². The van der Waals surface area contributed by atoms with E-state index in [4.69, 9.17) is 5.73 Å². The van der Waals surface area contributed by atoms with Crippen LogP contribution in [0.3, 0.4) is 0 Å². The van der Waals surface area contributed by atoms with Gasteiger partial charge in [0.1, 0.15) is 5.82 Å². The van der Waals surface area contributed by atoms with Gasteiger partial charge in [0.15, 0.2) is 0 Å². The normalized spacial score (nSPS) is 13.1. The smallest absolute Gasteiger partial charge is 0.126 e. The third-order valence-electron chi connectivity index (χ3n) is 2.69. The highest BCUT2D eigenvalue weighted by molar-refractivity contribution is 5.17. The first-order chi connectivity index (χ1) is 7.59. The predicted molar refractivity (Wildman–Crippen MR) is 65.9 cm³/mol. The van der Waals surface area contributed by atoms with Gasteiger partial charge < -0.3 is 10.6 Å². The van der Waals surface area contributed by atoms with Crippen LogP contribution in [-0.4, -0.2) is 31.1 Å². The van der Waals surface area contributed by atoms with E-state index in [9.17, 15) is 4.39 Å². The molecule has 0 radical (unpaired) electrons. The van der Waals surface area contributed by atoms with Gasteiger partial charge in [-0.2, -0.15) is 0 Å². The number of nitrogens with two attached hydrogens (primary N) is 1. The molecule has 1 unspecified atom stereocenters. The fraction of sp³-hybridized carbons (Fsp3) is 0.538. The van der Waals surface area contributed by atoms with Crippen molar-refractivity contribution in [2.45, 2.75) is 25.8 Å². The van der Waals surface area contributed by atoms with Crippen LogP contribution in [0.15, 0.2) is 24.3 Å². The maximum absolute atomic E-state index is 13.3. The molecule has 1 aromatic rings. The standard InChI is InChI=1S/C13H21FN2/c1-11(15)7-9-16(2)10-8-12-5-3-4-6-13(12)14/h3-6,11H,7-10,15H2,1-2H3. The van der Waals surface area contributed by atoms with Gasteiger partial charge in [-0.1, -0.05) is 18.2 Å². The zero-order valence-corrected chi connectivity index (χ0v) is 10.1. The summed E-state index contributed by atoms with van der Waals surface area (Å²) in [6.45, 7) is 3.84.